The predicted molar refractivity (Wildman–Crippen MR) is 60.5 cm³/mol. The van der Waals surface area contributed by atoms with Crippen LogP contribution in [0.25, 0.3) is 0 Å². The average molecular weight is 244 g/mol. The SMILES string of the molecule is OCC1(Nc2nccnc2Cl)CCOCC1. The molecular weight excluding hydrogens is 230 g/mol. The summed E-state index contributed by atoms with van der Waals surface area (Å²) >= 11 is 5.91. The number of hydrogen-bond donors (Lipinski definition) is 2. The zero-order valence-corrected chi connectivity index (χ0v) is 9.57. The third-order valence-electron chi connectivity index (χ3n) is 2.79. The second-order valence-corrected chi connectivity index (χ2v) is 4.23. The monoisotopic (exact) mass is 243 g/mol. The maximum Gasteiger partial charge on any atom is 0.171 e. The van der Waals surface area contributed by atoms with E-state index >= 15 is 0 Å². The molecule has 88 valence electrons. The van der Waals surface area contributed by atoms with Crippen molar-refractivity contribution in [2.75, 3.05) is 25.1 Å². The fourth-order valence-electron chi connectivity index (χ4n) is 1.74. The van der Waals surface area contributed by atoms with E-state index in [0.29, 0.717) is 24.2 Å². The molecule has 2 rings (SSSR count). The van der Waals surface area contributed by atoms with Crippen molar-refractivity contribution >= 4 is 17.4 Å². The van der Waals surface area contributed by atoms with E-state index in [9.17, 15) is 5.11 Å². The molecule has 1 fully saturated rings. The van der Waals surface area contributed by atoms with Gasteiger partial charge in [-0.1, -0.05) is 11.6 Å². The summed E-state index contributed by atoms with van der Waals surface area (Å²) in [6.07, 6.45) is 4.56. The largest absolute Gasteiger partial charge is 0.394 e. The molecule has 1 aliphatic rings. The molecule has 6 heteroatoms. The number of anilines is 1. The number of hydrogen-bond acceptors (Lipinski definition) is 5. The molecule has 2 N–H and O–H groups in total. The Morgan fingerprint density at radius 3 is 2.69 bits per heavy atom. The van der Waals surface area contributed by atoms with Crippen LogP contribution in [0.15, 0.2) is 12.4 Å². The first-order valence-electron chi connectivity index (χ1n) is 5.19. The van der Waals surface area contributed by atoms with Gasteiger partial charge in [-0.3, -0.25) is 0 Å². The molecular formula is C10H14ClN3O2. The van der Waals surface area contributed by atoms with Gasteiger partial charge in [0.1, 0.15) is 0 Å². The van der Waals surface area contributed by atoms with E-state index in [1.807, 2.05) is 0 Å². The van der Waals surface area contributed by atoms with Crippen LogP contribution in [-0.2, 0) is 4.74 Å². The Hall–Kier alpha value is -0.910. The fraction of sp³-hybridized carbons (Fsp3) is 0.600. The molecule has 1 aromatic rings. The van der Waals surface area contributed by atoms with Crippen molar-refractivity contribution in [1.82, 2.24) is 9.97 Å². The minimum absolute atomic E-state index is 0.0310. The molecule has 0 unspecified atom stereocenters. The van der Waals surface area contributed by atoms with Crippen LogP contribution in [0.2, 0.25) is 5.15 Å². The maximum atomic E-state index is 9.48. The molecule has 0 bridgehead atoms. The van der Waals surface area contributed by atoms with Gasteiger partial charge in [0.2, 0.25) is 0 Å². The summed E-state index contributed by atoms with van der Waals surface area (Å²) in [7, 11) is 0. The van der Waals surface area contributed by atoms with Crippen molar-refractivity contribution in [2.24, 2.45) is 0 Å². The second-order valence-electron chi connectivity index (χ2n) is 3.87. The number of ether oxygens (including phenoxy) is 1. The molecule has 1 aromatic heterocycles. The highest BCUT2D eigenvalue weighted by atomic mass is 35.5. The van der Waals surface area contributed by atoms with Crippen LogP contribution in [0, 0.1) is 0 Å². The first-order valence-corrected chi connectivity index (χ1v) is 5.57. The maximum absolute atomic E-state index is 9.48. The van der Waals surface area contributed by atoms with Gasteiger partial charge in [-0.05, 0) is 12.8 Å². The molecule has 0 atom stereocenters. The van der Waals surface area contributed by atoms with E-state index < -0.39 is 5.54 Å². The molecule has 16 heavy (non-hydrogen) atoms. The minimum atomic E-state index is -0.391. The zero-order valence-electron chi connectivity index (χ0n) is 8.82. The first-order chi connectivity index (χ1) is 7.76. The van der Waals surface area contributed by atoms with Gasteiger partial charge in [0, 0.05) is 25.6 Å². The van der Waals surface area contributed by atoms with E-state index in [-0.39, 0.29) is 6.61 Å². The van der Waals surface area contributed by atoms with Gasteiger partial charge in [0.25, 0.3) is 0 Å². The van der Waals surface area contributed by atoms with Crippen LogP contribution in [0.1, 0.15) is 12.8 Å². The van der Waals surface area contributed by atoms with E-state index in [0.717, 1.165) is 12.8 Å². The average Bonchev–Trinajstić information content (AvgIpc) is 2.33. The summed E-state index contributed by atoms with van der Waals surface area (Å²) in [5, 5.41) is 13.0. The predicted octanol–water partition coefficient (Wildman–Crippen LogP) is 1.08. The normalized spacial score (nSPS) is 19.4. The molecule has 0 amide bonds. The first kappa shape index (κ1) is 11.6. The Morgan fingerprint density at radius 1 is 1.38 bits per heavy atom. The summed E-state index contributed by atoms with van der Waals surface area (Å²) in [6, 6.07) is 0. The molecule has 1 saturated heterocycles. The lowest BCUT2D eigenvalue weighted by molar-refractivity contribution is 0.0378. The summed E-state index contributed by atoms with van der Waals surface area (Å²) in [5.74, 6) is 0.514. The summed E-state index contributed by atoms with van der Waals surface area (Å²) < 4.78 is 5.27. The van der Waals surface area contributed by atoms with Crippen LogP contribution in [-0.4, -0.2) is 40.4 Å². The number of rotatable bonds is 3. The van der Waals surface area contributed by atoms with Crippen molar-refractivity contribution in [1.29, 1.82) is 0 Å². The van der Waals surface area contributed by atoms with Gasteiger partial charge in [0.05, 0.1) is 12.1 Å². The topological polar surface area (TPSA) is 67.3 Å². The van der Waals surface area contributed by atoms with E-state index in [1.165, 1.54) is 6.20 Å². The van der Waals surface area contributed by atoms with Gasteiger partial charge in [-0.15, -0.1) is 0 Å². The molecule has 0 spiro atoms. The Labute approximate surface area is 98.8 Å². The minimum Gasteiger partial charge on any atom is -0.394 e. The van der Waals surface area contributed by atoms with Crippen molar-refractivity contribution < 1.29 is 9.84 Å². The Morgan fingerprint density at radius 2 is 2.06 bits per heavy atom. The van der Waals surface area contributed by atoms with Crippen LogP contribution in [0.3, 0.4) is 0 Å². The third-order valence-corrected chi connectivity index (χ3v) is 3.07. The highest BCUT2D eigenvalue weighted by Crippen LogP contribution is 2.27. The summed E-state index contributed by atoms with van der Waals surface area (Å²) in [5.41, 5.74) is -0.391. The molecule has 0 aromatic carbocycles. The Kier molecular flexibility index (Phi) is 3.58. The van der Waals surface area contributed by atoms with E-state index in [4.69, 9.17) is 16.3 Å². The standard InChI is InChI=1S/C10H14ClN3O2/c11-8-9(13-4-3-12-8)14-10(7-15)1-5-16-6-2-10/h3-4,15H,1-2,5-7H2,(H,13,14). The van der Waals surface area contributed by atoms with Crippen molar-refractivity contribution in [3.05, 3.63) is 17.5 Å². The van der Waals surface area contributed by atoms with Gasteiger partial charge in [0.15, 0.2) is 11.0 Å². The lowest BCUT2D eigenvalue weighted by Crippen LogP contribution is -2.47. The highest BCUT2D eigenvalue weighted by molar-refractivity contribution is 6.31. The lowest BCUT2D eigenvalue weighted by atomic mass is 9.91. The van der Waals surface area contributed by atoms with Crippen LogP contribution >= 0.6 is 11.6 Å². The van der Waals surface area contributed by atoms with Gasteiger partial charge in [-0.2, -0.15) is 0 Å². The zero-order chi connectivity index (χ0) is 11.4. The number of aromatic nitrogens is 2. The van der Waals surface area contributed by atoms with Crippen LogP contribution < -0.4 is 5.32 Å². The van der Waals surface area contributed by atoms with Crippen LogP contribution in [0.5, 0.6) is 0 Å². The van der Waals surface area contributed by atoms with Gasteiger partial charge in [-0.25, -0.2) is 9.97 Å². The number of aliphatic hydroxyl groups excluding tert-OH is 1. The summed E-state index contributed by atoms with van der Waals surface area (Å²) in [6.45, 7) is 1.29. The lowest BCUT2D eigenvalue weighted by Gasteiger charge is -2.36. The van der Waals surface area contributed by atoms with Crippen molar-refractivity contribution in [2.45, 2.75) is 18.4 Å². The van der Waals surface area contributed by atoms with E-state index in [2.05, 4.69) is 15.3 Å². The smallest absolute Gasteiger partial charge is 0.171 e. The number of nitrogens with zero attached hydrogens (tertiary/aromatic N) is 2. The third kappa shape index (κ3) is 2.42. The second kappa shape index (κ2) is 4.95. The number of nitrogens with one attached hydrogen (secondary N) is 1. The summed E-state index contributed by atoms with van der Waals surface area (Å²) in [4.78, 5) is 8.05. The van der Waals surface area contributed by atoms with Gasteiger partial charge < -0.3 is 15.2 Å². The highest BCUT2D eigenvalue weighted by Gasteiger charge is 2.32. The molecule has 2 heterocycles. The van der Waals surface area contributed by atoms with Crippen LogP contribution in [0.4, 0.5) is 5.82 Å². The number of halogens is 1. The molecule has 1 aliphatic heterocycles. The molecule has 0 radical (unpaired) electrons. The molecule has 0 saturated carbocycles. The molecule has 5 nitrogen and oxygen atoms in total. The Balaban J connectivity index is 2.15. The van der Waals surface area contributed by atoms with E-state index in [1.54, 1.807) is 6.20 Å². The van der Waals surface area contributed by atoms with Crippen molar-refractivity contribution in [3.8, 4) is 0 Å². The van der Waals surface area contributed by atoms with Crippen molar-refractivity contribution in [3.63, 3.8) is 0 Å². The number of aliphatic hydroxyl groups is 1. The Bertz CT molecular complexity index is 356. The molecule has 0 aliphatic carbocycles. The quantitative estimate of drug-likeness (QED) is 0.832. The fourth-order valence-corrected chi connectivity index (χ4v) is 1.89. The van der Waals surface area contributed by atoms with Gasteiger partial charge >= 0.3 is 0 Å².